The van der Waals surface area contributed by atoms with E-state index in [2.05, 4.69) is 11.7 Å². The first-order valence-electron chi connectivity index (χ1n) is 7.42. The van der Waals surface area contributed by atoms with Gasteiger partial charge in [0, 0.05) is 13.1 Å². The smallest absolute Gasteiger partial charge is 0.337 e. The maximum Gasteiger partial charge on any atom is 0.337 e. The van der Waals surface area contributed by atoms with Crippen LogP contribution in [0.4, 0.5) is 0 Å². The minimum atomic E-state index is -3.72. The van der Waals surface area contributed by atoms with E-state index in [4.69, 9.17) is 4.74 Å². The molecule has 0 radical (unpaired) electrons. The molecule has 0 unspecified atom stereocenters. The van der Waals surface area contributed by atoms with Crippen molar-refractivity contribution in [3.05, 3.63) is 23.8 Å². The predicted octanol–water partition coefficient (Wildman–Crippen LogP) is 2.29. The van der Waals surface area contributed by atoms with Crippen molar-refractivity contribution in [2.24, 2.45) is 5.41 Å². The topological polar surface area (TPSA) is 72.9 Å². The van der Waals surface area contributed by atoms with Gasteiger partial charge in [0.1, 0.15) is 10.6 Å². The molecule has 6 nitrogen and oxygen atoms in total. The summed E-state index contributed by atoms with van der Waals surface area (Å²) >= 11 is 0. The van der Waals surface area contributed by atoms with E-state index in [-0.39, 0.29) is 27.7 Å². The summed E-state index contributed by atoms with van der Waals surface area (Å²) in [5.41, 5.74) is 0.272. The van der Waals surface area contributed by atoms with Crippen molar-refractivity contribution in [3.63, 3.8) is 0 Å². The van der Waals surface area contributed by atoms with Crippen molar-refractivity contribution in [2.45, 2.75) is 37.6 Å². The number of hydrogen-bond donors (Lipinski definition) is 0. The molecule has 0 aromatic heterocycles. The number of sulfonamides is 1. The fraction of sp³-hybridized carbons (Fsp3) is 0.562. The zero-order chi connectivity index (χ0) is 17.4. The van der Waals surface area contributed by atoms with Crippen LogP contribution in [0.1, 0.15) is 37.0 Å². The highest BCUT2D eigenvalue weighted by Gasteiger charge is 2.47. The number of ether oxygens (including phenoxy) is 2. The molecule has 0 heterocycles. The zero-order valence-electron chi connectivity index (χ0n) is 14.1. The molecule has 128 valence electrons. The van der Waals surface area contributed by atoms with Crippen LogP contribution in [0, 0.1) is 5.41 Å². The average Bonchev–Trinajstić information content (AvgIpc) is 3.30. The Morgan fingerprint density at radius 3 is 2.39 bits per heavy atom. The average molecular weight is 341 g/mol. The van der Waals surface area contributed by atoms with Gasteiger partial charge in [-0.2, -0.15) is 4.31 Å². The second kappa shape index (κ2) is 6.13. The fourth-order valence-electron chi connectivity index (χ4n) is 2.54. The van der Waals surface area contributed by atoms with Crippen molar-refractivity contribution in [1.82, 2.24) is 4.31 Å². The van der Waals surface area contributed by atoms with E-state index in [9.17, 15) is 13.2 Å². The van der Waals surface area contributed by atoms with Gasteiger partial charge in [-0.3, -0.25) is 0 Å². The van der Waals surface area contributed by atoms with E-state index in [0.29, 0.717) is 0 Å². The summed E-state index contributed by atoms with van der Waals surface area (Å²) in [5.74, 6) is -0.410. The third-order valence-electron chi connectivity index (χ3n) is 4.83. The highest BCUT2D eigenvalue weighted by Crippen LogP contribution is 2.50. The van der Waals surface area contributed by atoms with E-state index in [0.717, 1.165) is 12.8 Å². The SMILES string of the molecule is COC(=O)c1ccc(S(=O)(=O)N(C)[C@@H](C)C2(C)CC2)c(OC)c1. The van der Waals surface area contributed by atoms with Crippen molar-refractivity contribution >= 4 is 16.0 Å². The van der Waals surface area contributed by atoms with Crippen molar-refractivity contribution in [3.8, 4) is 5.75 Å². The van der Waals surface area contributed by atoms with Crippen molar-refractivity contribution in [1.29, 1.82) is 0 Å². The van der Waals surface area contributed by atoms with Gasteiger partial charge in [0.2, 0.25) is 10.0 Å². The van der Waals surface area contributed by atoms with Crippen LogP contribution in [0.2, 0.25) is 0 Å². The van der Waals surface area contributed by atoms with Gasteiger partial charge in [0.25, 0.3) is 0 Å². The van der Waals surface area contributed by atoms with Crippen LogP contribution in [0.25, 0.3) is 0 Å². The summed E-state index contributed by atoms with van der Waals surface area (Å²) in [6.45, 7) is 4.00. The molecule has 1 aromatic rings. The summed E-state index contributed by atoms with van der Waals surface area (Å²) in [4.78, 5) is 11.6. The Balaban J connectivity index is 2.41. The van der Waals surface area contributed by atoms with Crippen LogP contribution in [0.15, 0.2) is 23.1 Å². The summed E-state index contributed by atoms with van der Waals surface area (Å²) in [6, 6.07) is 4.09. The van der Waals surface area contributed by atoms with E-state index in [1.165, 1.54) is 36.7 Å². The Morgan fingerprint density at radius 1 is 1.30 bits per heavy atom. The number of benzene rings is 1. The van der Waals surface area contributed by atoms with Crippen LogP contribution in [-0.4, -0.2) is 46.0 Å². The molecule has 1 aliphatic carbocycles. The Morgan fingerprint density at radius 2 is 1.91 bits per heavy atom. The van der Waals surface area contributed by atoms with Crippen LogP contribution < -0.4 is 4.74 Å². The lowest BCUT2D eigenvalue weighted by atomic mass is 10.0. The lowest BCUT2D eigenvalue weighted by molar-refractivity contribution is 0.0600. The molecular formula is C16H23NO5S. The highest BCUT2D eigenvalue weighted by molar-refractivity contribution is 7.89. The van der Waals surface area contributed by atoms with E-state index < -0.39 is 16.0 Å². The number of rotatable bonds is 6. The van der Waals surface area contributed by atoms with Gasteiger partial charge in [0.15, 0.2) is 0 Å². The molecular weight excluding hydrogens is 318 g/mol. The summed E-state index contributed by atoms with van der Waals surface area (Å²) in [6.07, 6.45) is 2.04. The molecule has 0 spiro atoms. The molecule has 23 heavy (non-hydrogen) atoms. The molecule has 1 saturated carbocycles. The van der Waals surface area contributed by atoms with Gasteiger partial charge in [-0.25, -0.2) is 13.2 Å². The van der Waals surface area contributed by atoms with Crippen molar-refractivity contribution in [2.75, 3.05) is 21.3 Å². The van der Waals surface area contributed by atoms with Gasteiger partial charge < -0.3 is 9.47 Å². The number of hydrogen-bond acceptors (Lipinski definition) is 5. The van der Waals surface area contributed by atoms with Crippen LogP contribution >= 0.6 is 0 Å². The number of carbonyl (C=O) groups excluding carboxylic acids is 1. The Kier molecular flexibility index (Phi) is 4.73. The van der Waals surface area contributed by atoms with Crippen LogP contribution in [0.3, 0.4) is 0 Å². The monoisotopic (exact) mass is 341 g/mol. The standard InChI is InChI=1S/C16H23NO5S/c1-11(16(2)8-9-16)17(3)23(19,20)14-7-6-12(15(18)22-5)10-13(14)21-4/h6-7,10-11H,8-9H2,1-5H3/t11-/m0/s1. The molecule has 1 aromatic carbocycles. The second-order valence-electron chi connectivity index (χ2n) is 6.21. The van der Waals surface area contributed by atoms with E-state index in [1.54, 1.807) is 7.05 Å². The lowest BCUT2D eigenvalue weighted by Gasteiger charge is -2.29. The Labute approximate surface area is 137 Å². The molecule has 0 amide bonds. The first-order chi connectivity index (χ1) is 10.7. The highest BCUT2D eigenvalue weighted by atomic mass is 32.2. The lowest BCUT2D eigenvalue weighted by Crippen LogP contribution is -2.40. The molecule has 7 heteroatoms. The summed E-state index contributed by atoms with van der Waals surface area (Å²) in [7, 11) is 0.509. The minimum Gasteiger partial charge on any atom is -0.495 e. The fourth-order valence-corrected chi connectivity index (χ4v) is 4.16. The Bertz CT molecular complexity index is 709. The first kappa shape index (κ1) is 17.7. The Hall–Kier alpha value is -1.60. The summed E-state index contributed by atoms with van der Waals surface area (Å²) < 4.78 is 37.0. The largest absolute Gasteiger partial charge is 0.495 e. The molecule has 1 atom stereocenters. The molecule has 1 aliphatic rings. The van der Waals surface area contributed by atoms with E-state index in [1.807, 2.05) is 6.92 Å². The summed E-state index contributed by atoms with van der Waals surface area (Å²) in [5, 5.41) is 0. The molecule has 1 fully saturated rings. The number of methoxy groups -OCH3 is 2. The number of carbonyl (C=O) groups is 1. The maximum atomic E-state index is 12.9. The molecule has 0 saturated heterocycles. The molecule has 0 bridgehead atoms. The van der Waals surface area contributed by atoms with Gasteiger partial charge in [-0.1, -0.05) is 6.92 Å². The molecule has 2 rings (SSSR count). The van der Waals surface area contributed by atoms with Gasteiger partial charge in [-0.05, 0) is 43.4 Å². The number of nitrogens with zero attached hydrogens (tertiary/aromatic N) is 1. The maximum absolute atomic E-state index is 12.9. The van der Waals surface area contributed by atoms with Crippen LogP contribution in [0.5, 0.6) is 5.75 Å². The van der Waals surface area contributed by atoms with Gasteiger partial charge in [-0.15, -0.1) is 0 Å². The zero-order valence-corrected chi connectivity index (χ0v) is 14.9. The molecule has 0 N–H and O–H groups in total. The van der Waals surface area contributed by atoms with Crippen molar-refractivity contribution < 1.29 is 22.7 Å². The van der Waals surface area contributed by atoms with E-state index >= 15 is 0 Å². The van der Waals surface area contributed by atoms with Crippen LogP contribution in [-0.2, 0) is 14.8 Å². The third-order valence-corrected chi connectivity index (χ3v) is 6.80. The second-order valence-corrected chi connectivity index (χ2v) is 8.17. The predicted molar refractivity (Wildman–Crippen MR) is 86.1 cm³/mol. The normalized spacial score (nSPS) is 17.7. The van der Waals surface area contributed by atoms with Gasteiger partial charge >= 0.3 is 5.97 Å². The van der Waals surface area contributed by atoms with Gasteiger partial charge in [0.05, 0.1) is 19.8 Å². The first-order valence-corrected chi connectivity index (χ1v) is 8.86. The third kappa shape index (κ3) is 3.21. The minimum absolute atomic E-state index is 0.0288. The quantitative estimate of drug-likeness (QED) is 0.742. The number of esters is 1. The molecule has 0 aliphatic heterocycles.